The summed E-state index contributed by atoms with van der Waals surface area (Å²) >= 11 is 1.53. The molecule has 0 unspecified atom stereocenters. The molecule has 0 atom stereocenters. The molecule has 7 nitrogen and oxygen atoms in total. The number of H-pyrrole nitrogens is 1. The summed E-state index contributed by atoms with van der Waals surface area (Å²) < 4.78 is 1.59. The lowest BCUT2D eigenvalue weighted by Gasteiger charge is -2.02. The van der Waals surface area contributed by atoms with Crippen LogP contribution in [0.1, 0.15) is 26.2 Å². The van der Waals surface area contributed by atoms with Crippen LogP contribution in [0.2, 0.25) is 0 Å². The van der Waals surface area contributed by atoms with Crippen LogP contribution in [0.3, 0.4) is 0 Å². The molecular formula is C9H17N5O2S. The van der Waals surface area contributed by atoms with Crippen LogP contribution in [0.15, 0.2) is 15.1 Å². The molecule has 4 N–H and O–H groups in total. The number of nitrogens with two attached hydrogens (primary N) is 1. The zero-order valence-electron chi connectivity index (χ0n) is 9.72. The smallest absolute Gasteiger partial charge is 0.343 e. The number of nitrogens with one attached hydrogen (secondary N) is 1. The third kappa shape index (κ3) is 4.14. The molecule has 0 aromatic carbocycles. The fraction of sp³-hybridized carbons (Fsp3) is 0.667. The van der Waals surface area contributed by atoms with Gasteiger partial charge in [-0.15, -0.1) is 5.10 Å². The Labute approximate surface area is 103 Å². The molecule has 0 bridgehead atoms. The van der Waals surface area contributed by atoms with Gasteiger partial charge in [-0.3, -0.25) is 4.57 Å². The van der Waals surface area contributed by atoms with Crippen LogP contribution in [0, 0.1) is 0 Å². The van der Waals surface area contributed by atoms with Crippen LogP contribution in [0.5, 0.6) is 0 Å². The molecule has 0 spiro atoms. The van der Waals surface area contributed by atoms with E-state index < -0.39 is 0 Å². The first-order chi connectivity index (χ1) is 8.19. The van der Waals surface area contributed by atoms with Crippen molar-refractivity contribution < 1.29 is 5.21 Å². The van der Waals surface area contributed by atoms with E-state index in [4.69, 9.17) is 10.9 Å². The summed E-state index contributed by atoms with van der Waals surface area (Å²) in [6.07, 6.45) is 2.35. The van der Waals surface area contributed by atoms with Gasteiger partial charge in [0.1, 0.15) is 5.84 Å². The van der Waals surface area contributed by atoms with E-state index in [-0.39, 0.29) is 11.5 Å². The van der Waals surface area contributed by atoms with E-state index in [9.17, 15) is 4.79 Å². The summed E-state index contributed by atoms with van der Waals surface area (Å²) in [6, 6.07) is 0. The zero-order valence-corrected chi connectivity index (χ0v) is 10.5. The minimum absolute atomic E-state index is 0.174. The number of rotatable bonds is 7. The minimum Gasteiger partial charge on any atom is -0.409 e. The van der Waals surface area contributed by atoms with E-state index in [2.05, 4.69) is 15.4 Å². The molecule has 0 aliphatic carbocycles. The van der Waals surface area contributed by atoms with Crippen molar-refractivity contribution in [1.29, 1.82) is 0 Å². The number of unbranched alkanes of at least 4 members (excludes halogenated alkanes) is 1. The summed E-state index contributed by atoms with van der Waals surface area (Å²) in [7, 11) is 0. The van der Waals surface area contributed by atoms with E-state index in [0.29, 0.717) is 18.1 Å². The first kappa shape index (κ1) is 13.6. The number of amidine groups is 1. The molecule has 1 heterocycles. The van der Waals surface area contributed by atoms with Gasteiger partial charge in [-0.2, -0.15) is 0 Å². The molecule has 1 rings (SSSR count). The maximum Gasteiger partial charge on any atom is 0.343 e. The minimum atomic E-state index is -0.174. The lowest BCUT2D eigenvalue weighted by atomic mass is 10.2. The highest BCUT2D eigenvalue weighted by Crippen LogP contribution is 2.15. The van der Waals surface area contributed by atoms with Gasteiger partial charge in [0.2, 0.25) is 0 Å². The van der Waals surface area contributed by atoms with Gasteiger partial charge < -0.3 is 10.9 Å². The van der Waals surface area contributed by atoms with Gasteiger partial charge in [0.05, 0.1) is 0 Å². The number of aromatic amines is 1. The first-order valence-corrected chi connectivity index (χ1v) is 6.42. The van der Waals surface area contributed by atoms with Crippen molar-refractivity contribution in [1.82, 2.24) is 14.8 Å². The molecule has 8 heteroatoms. The summed E-state index contributed by atoms with van der Waals surface area (Å²) in [5.41, 5.74) is 5.17. The fourth-order valence-corrected chi connectivity index (χ4v) is 2.32. The SMILES string of the molecule is CCn1c(SCCCCC(N)=NO)n[nH]c1=O. The first-order valence-electron chi connectivity index (χ1n) is 5.43. The van der Waals surface area contributed by atoms with Crippen molar-refractivity contribution >= 4 is 17.6 Å². The van der Waals surface area contributed by atoms with Gasteiger partial charge in [-0.05, 0) is 19.8 Å². The van der Waals surface area contributed by atoms with Crippen LogP contribution in [0.4, 0.5) is 0 Å². The second-order valence-corrected chi connectivity index (χ2v) is 4.51. The molecule has 1 aromatic heterocycles. The molecule has 0 aliphatic heterocycles. The molecule has 0 saturated heterocycles. The van der Waals surface area contributed by atoms with Crippen molar-refractivity contribution in [3.63, 3.8) is 0 Å². The lowest BCUT2D eigenvalue weighted by molar-refractivity contribution is 0.316. The lowest BCUT2D eigenvalue weighted by Crippen LogP contribution is -2.16. The number of hydrogen-bond acceptors (Lipinski definition) is 5. The highest BCUT2D eigenvalue weighted by molar-refractivity contribution is 7.99. The standard InChI is InChI=1S/C9H17N5O2S/c1-2-14-8(15)11-12-9(14)17-6-4-3-5-7(10)13-16/h16H,2-6H2,1H3,(H2,10,13)(H,11,15). The van der Waals surface area contributed by atoms with Crippen molar-refractivity contribution in [2.45, 2.75) is 37.9 Å². The van der Waals surface area contributed by atoms with Crippen LogP contribution < -0.4 is 11.4 Å². The van der Waals surface area contributed by atoms with Crippen molar-refractivity contribution in [2.24, 2.45) is 10.9 Å². The number of aromatic nitrogens is 3. The third-order valence-corrected chi connectivity index (χ3v) is 3.29. The molecular weight excluding hydrogens is 242 g/mol. The summed E-state index contributed by atoms with van der Waals surface area (Å²) in [4.78, 5) is 11.3. The van der Waals surface area contributed by atoms with Gasteiger partial charge >= 0.3 is 5.69 Å². The summed E-state index contributed by atoms with van der Waals surface area (Å²) in [5.74, 6) is 1.10. The Balaban J connectivity index is 2.29. The van der Waals surface area contributed by atoms with E-state index in [1.165, 1.54) is 11.8 Å². The second-order valence-electron chi connectivity index (χ2n) is 3.45. The molecule has 0 fully saturated rings. The number of hydrogen-bond donors (Lipinski definition) is 3. The largest absolute Gasteiger partial charge is 0.409 e. The predicted octanol–water partition coefficient (Wildman–Crippen LogP) is 0.600. The van der Waals surface area contributed by atoms with E-state index in [1.54, 1.807) is 4.57 Å². The number of oxime groups is 1. The normalized spacial score (nSPS) is 11.9. The van der Waals surface area contributed by atoms with Crippen LogP contribution in [-0.2, 0) is 6.54 Å². The van der Waals surface area contributed by atoms with Crippen LogP contribution >= 0.6 is 11.8 Å². The highest BCUT2D eigenvalue weighted by atomic mass is 32.2. The Kier molecular flexibility index (Phi) is 5.61. The Bertz CT molecular complexity index is 425. The predicted molar refractivity (Wildman–Crippen MR) is 66.5 cm³/mol. The highest BCUT2D eigenvalue weighted by Gasteiger charge is 2.06. The topological polar surface area (TPSA) is 109 Å². The van der Waals surface area contributed by atoms with E-state index in [1.807, 2.05) is 6.92 Å². The molecule has 1 aromatic rings. The Hall–Kier alpha value is -1.44. The van der Waals surface area contributed by atoms with Crippen LogP contribution in [0.25, 0.3) is 0 Å². The number of nitrogens with zero attached hydrogens (tertiary/aromatic N) is 3. The summed E-state index contributed by atoms with van der Waals surface area (Å²) in [6.45, 7) is 2.52. The second kappa shape index (κ2) is 7.00. The molecule has 0 radical (unpaired) electrons. The van der Waals surface area contributed by atoms with Gasteiger partial charge in [0, 0.05) is 18.7 Å². The molecule has 0 aliphatic rings. The average Bonchev–Trinajstić information content (AvgIpc) is 2.69. The van der Waals surface area contributed by atoms with Crippen molar-refractivity contribution in [2.75, 3.05) is 5.75 Å². The van der Waals surface area contributed by atoms with Crippen LogP contribution in [-0.4, -0.2) is 31.6 Å². The maximum absolute atomic E-state index is 11.3. The van der Waals surface area contributed by atoms with Gasteiger partial charge in [0.15, 0.2) is 5.16 Å². The third-order valence-electron chi connectivity index (χ3n) is 2.23. The monoisotopic (exact) mass is 259 g/mol. The van der Waals surface area contributed by atoms with Crippen molar-refractivity contribution in [3.05, 3.63) is 10.5 Å². The van der Waals surface area contributed by atoms with E-state index >= 15 is 0 Å². The molecule has 0 saturated carbocycles. The van der Waals surface area contributed by atoms with Gasteiger partial charge in [0.25, 0.3) is 0 Å². The fourth-order valence-electron chi connectivity index (χ4n) is 1.31. The zero-order chi connectivity index (χ0) is 12.7. The average molecular weight is 259 g/mol. The van der Waals surface area contributed by atoms with Gasteiger partial charge in [-0.1, -0.05) is 16.9 Å². The Morgan fingerprint density at radius 2 is 2.41 bits per heavy atom. The van der Waals surface area contributed by atoms with E-state index in [0.717, 1.165) is 18.6 Å². The molecule has 0 amide bonds. The maximum atomic E-state index is 11.3. The van der Waals surface area contributed by atoms with Crippen molar-refractivity contribution in [3.8, 4) is 0 Å². The Morgan fingerprint density at radius 3 is 3.06 bits per heavy atom. The van der Waals surface area contributed by atoms with Gasteiger partial charge in [-0.25, -0.2) is 9.89 Å². The summed E-state index contributed by atoms with van der Waals surface area (Å²) in [5, 5.41) is 18.3. The Morgan fingerprint density at radius 1 is 1.65 bits per heavy atom. The number of thioether (sulfide) groups is 1. The quantitative estimate of drug-likeness (QED) is 0.166. The molecule has 17 heavy (non-hydrogen) atoms. The molecule has 96 valence electrons.